The van der Waals surface area contributed by atoms with Crippen LogP contribution < -0.4 is 10.0 Å². The number of pyridine rings is 1. The number of piperidine rings is 1. The minimum atomic E-state index is -0.708. The van der Waals surface area contributed by atoms with Gasteiger partial charge in [-0.05, 0) is 84.3 Å². The number of carbonyl (C=O) groups is 2. The van der Waals surface area contributed by atoms with E-state index in [1.807, 2.05) is 23.2 Å². The number of halogens is 2. The van der Waals surface area contributed by atoms with Gasteiger partial charge in [0.25, 0.3) is 0 Å². The Bertz CT molecular complexity index is 1980. The third-order valence-corrected chi connectivity index (χ3v) is 9.54. The number of anilines is 1. The fourth-order valence-corrected chi connectivity index (χ4v) is 6.72. The van der Waals surface area contributed by atoms with Crippen LogP contribution in [0.1, 0.15) is 43.8 Å². The van der Waals surface area contributed by atoms with Crippen molar-refractivity contribution in [1.29, 1.82) is 0 Å². The summed E-state index contributed by atoms with van der Waals surface area (Å²) >= 11 is 6.16. The van der Waals surface area contributed by atoms with Crippen LogP contribution in [0.3, 0.4) is 0 Å². The first-order valence-corrected chi connectivity index (χ1v) is 16.4. The summed E-state index contributed by atoms with van der Waals surface area (Å²) in [5.74, 6) is -0.542. The van der Waals surface area contributed by atoms with Crippen LogP contribution in [0, 0.1) is 22.9 Å². The Balaban J connectivity index is 1.21. The van der Waals surface area contributed by atoms with Crippen LogP contribution >= 0.6 is 11.6 Å². The Morgan fingerprint density at radius 2 is 1.86 bits per heavy atom. The minimum Gasteiger partial charge on any atom is -0.618 e. The average molecular weight is 686 g/mol. The molecule has 2 aliphatic rings. The first-order valence-electron chi connectivity index (χ1n) is 16.0. The molecule has 0 spiro atoms. The second kappa shape index (κ2) is 13.6. The molecule has 2 fully saturated rings. The van der Waals surface area contributed by atoms with Crippen molar-refractivity contribution >= 4 is 29.3 Å². The van der Waals surface area contributed by atoms with Crippen molar-refractivity contribution in [3.8, 4) is 27.9 Å². The van der Waals surface area contributed by atoms with E-state index >= 15 is 4.39 Å². The number of hydrogen-bond acceptors (Lipinski definition) is 8. The molecular formula is C34H33ClFN9O4. The normalized spacial score (nSPS) is 17.8. The highest BCUT2D eigenvalue weighted by Gasteiger charge is 2.47. The number of benzene rings is 2. The van der Waals surface area contributed by atoms with Gasteiger partial charge < -0.3 is 14.8 Å². The molecule has 4 heterocycles. The fourth-order valence-electron chi connectivity index (χ4n) is 6.56. The number of hydrogen-bond donors (Lipinski definition) is 1. The zero-order valence-electron chi connectivity index (χ0n) is 26.6. The van der Waals surface area contributed by atoms with Crippen LogP contribution in [-0.4, -0.2) is 67.1 Å². The molecule has 15 heteroatoms. The van der Waals surface area contributed by atoms with Crippen molar-refractivity contribution in [2.24, 2.45) is 11.8 Å². The molecule has 0 bridgehead atoms. The quantitative estimate of drug-likeness (QED) is 0.160. The van der Waals surface area contributed by atoms with E-state index in [2.05, 4.69) is 30.7 Å². The van der Waals surface area contributed by atoms with Crippen molar-refractivity contribution < 1.29 is 23.4 Å². The van der Waals surface area contributed by atoms with Gasteiger partial charge in [0.2, 0.25) is 11.6 Å². The van der Waals surface area contributed by atoms with Crippen LogP contribution in [0.5, 0.6) is 0 Å². The number of ether oxygens (including phenoxy) is 1. The summed E-state index contributed by atoms with van der Waals surface area (Å²) in [5, 5.41) is 32.2. The first kappa shape index (κ1) is 32.2. The molecule has 1 aliphatic carbocycles. The van der Waals surface area contributed by atoms with Gasteiger partial charge in [0, 0.05) is 42.5 Å². The van der Waals surface area contributed by atoms with Gasteiger partial charge in [0.05, 0.1) is 35.1 Å². The Kier molecular flexibility index (Phi) is 8.95. The number of aromatic nitrogens is 7. The molecule has 1 unspecified atom stereocenters. The average Bonchev–Trinajstić information content (AvgIpc) is 3.45. The second-order valence-electron chi connectivity index (χ2n) is 12.3. The predicted octanol–water partition coefficient (Wildman–Crippen LogP) is 5.43. The van der Waals surface area contributed by atoms with Crippen LogP contribution in [0.4, 0.5) is 14.9 Å². The number of nitrogens with zero attached hydrogens (tertiary/aromatic N) is 8. The smallest absolute Gasteiger partial charge is 0.411 e. The topological polar surface area (TPSA) is 147 Å². The lowest BCUT2D eigenvalue weighted by atomic mass is 10.0. The van der Waals surface area contributed by atoms with E-state index in [0.717, 1.165) is 54.6 Å². The monoisotopic (exact) mass is 685 g/mol. The molecule has 2 aromatic carbocycles. The van der Waals surface area contributed by atoms with E-state index in [1.54, 1.807) is 41.2 Å². The van der Waals surface area contributed by atoms with Gasteiger partial charge in [-0.3, -0.25) is 14.8 Å². The predicted molar refractivity (Wildman–Crippen MR) is 177 cm³/mol. The molecule has 1 N–H and O–H groups in total. The Labute approximate surface area is 285 Å². The van der Waals surface area contributed by atoms with E-state index < -0.39 is 18.0 Å². The van der Waals surface area contributed by atoms with Crippen LogP contribution in [0.2, 0.25) is 5.02 Å². The number of amides is 2. The van der Waals surface area contributed by atoms with Gasteiger partial charge >= 0.3 is 6.09 Å². The number of methoxy groups -OCH3 is 1. The number of rotatable bonds is 9. The Hall–Kier alpha value is -5.37. The first-order chi connectivity index (χ1) is 23.8. The molecule has 3 aromatic heterocycles. The number of carbonyl (C=O) groups excluding carboxylic acids is 2. The Morgan fingerprint density at radius 1 is 1.08 bits per heavy atom. The summed E-state index contributed by atoms with van der Waals surface area (Å²) in [6, 6.07) is 13.0. The van der Waals surface area contributed by atoms with Gasteiger partial charge in [-0.2, -0.15) is 14.5 Å². The van der Waals surface area contributed by atoms with E-state index in [1.165, 1.54) is 30.4 Å². The highest BCUT2D eigenvalue weighted by Crippen LogP contribution is 2.47. The van der Waals surface area contributed by atoms with E-state index in [4.69, 9.17) is 11.6 Å². The highest BCUT2D eigenvalue weighted by atomic mass is 35.5. The lowest BCUT2D eigenvalue weighted by Gasteiger charge is -2.27. The summed E-state index contributed by atoms with van der Waals surface area (Å²) in [4.78, 5) is 26.9. The molecule has 0 radical (unpaired) electrons. The maximum atomic E-state index is 15.5. The third-order valence-electron chi connectivity index (χ3n) is 9.25. The van der Waals surface area contributed by atoms with E-state index in [0.29, 0.717) is 23.5 Å². The molecule has 5 aromatic rings. The molecule has 252 valence electrons. The van der Waals surface area contributed by atoms with Crippen molar-refractivity contribution in [2.75, 3.05) is 25.5 Å². The summed E-state index contributed by atoms with van der Waals surface area (Å²) in [6.07, 6.45) is 10.1. The molecule has 3 atom stereocenters. The molecule has 1 saturated carbocycles. The van der Waals surface area contributed by atoms with E-state index in [-0.39, 0.29) is 33.9 Å². The highest BCUT2D eigenvalue weighted by molar-refractivity contribution is 6.31. The summed E-state index contributed by atoms with van der Waals surface area (Å²) in [5.41, 5.74) is 3.29. The number of nitrogens with one attached hydrogen (secondary N) is 1. The zero-order chi connectivity index (χ0) is 34.1. The van der Waals surface area contributed by atoms with Gasteiger partial charge in [-0.1, -0.05) is 23.7 Å². The van der Waals surface area contributed by atoms with Crippen LogP contribution in [0.25, 0.3) is 27.9 Å². The summed E-state index contributed by atoms with van der Waals surface area (Å²) in [7, 11) is 1.30. The van der Waals surface area contributed by atoms with Gasteiger partial charge in [0.1, 0.15) is 12.4 Å². The number of likely N-dealkylation sites (tertiary alicyclic amines) is 1. The standard InChI is InChI=1S/C34H33ClFN9O4/c1-49-34(47)39-25-8-5-21(6-9-25)24-17-38-43(18-24)30(16-23-15-26(23)33(46)42-13-3-2-4-14-42)28-11-7-22(19-45(28)48)31-29(44-20-37-40-41-44)12-10-27(35)32(31)36/h5-12,17-20,23,26,30H,2-4,13-16H2,1H3,(H,39,47)/t23-,26+,30?/m0/s1. The van der Waals surface area contributed by atoms with Gasteiger partial charge in [-0.15, -0.1) is 5.10 Å². The maximum absolute atomic E-state index is 15.5. The molecule has 7 rings (SSSR count). The molecular weight excluding hydrogens is 653 g/mol. The van der Waals surface area contributed by atoms with Gasteiger partial charge in [0.15, 0.2) is 12.0 Å². The molecule has 1 aliphatic heterocycles. The minimum absolute atomic E-state index is 0.0761. The molecule has 13 nitrogen and oxygen atoms in total. The zero-order valence-corrected chi connectivity index (χ0v) is 27.3. The summed E-state index contributed by atoms with van der Waals surface area (Å²) in [6.45, 7) is 1.58. The van der Waals surface area contributed by atoms with Gasteiger partial charge in [-0.25, -0.2) is 9.18 Å². The Morgan fingerprint density at radius 3 is 2.57 bits per heavy atom. The molecule has 49 heavy (non-hydrogen) atoms. The SMILES string of the molecule is COC(=O)Nc1ccc(-c2cnn(C(C[C@@H]3C[C@H]3C(=O)N3CCCCC3)c3ccc(-c4c(-n5cnnn5)ccc(Cl)c4F)c[n+]3[O-])c2)cc1. The third kappa shape index (κ3) is 6.68. The van der Waals surface area contributed by atoms with Crippen molar-refractivity contribution in [1.82, 2.24) is 34.9 Å². The second-order valence-corrected chi connectivity index (χ2v) is 12.7. The largest absolute Gasteiger partial charge is 0.618 e. The van der Waals surface area contributed by atoms with Crippen molar-refractivity contribution in [3.63, 3.8) is 0 Å². The van der Waals surface area contributed by atoms with Crippen LogP contribution in [0.15, 0.2) is 73.4 Å². The van der Waals surface area contributed by atoms with Crippen molar-refractivity contribution in [2.45, 2.75) is 38.1 Å². The summed E-state index contributed by atoms with van der Waals surface area (Å²) < 4.78 is 23.9. The van der Waals surface area contributed by atoms with E-state index in [9.17, 15) is 14.8 Å². The fraction of sp³-hybridized carbons (Fsp3) is 0.324. The number of tetrazole rings is 1. The lowest BCUT2D eigenvalue weighted by Crippen LogP contribution is -2.37. The van der Waals surface area contributed by atoms with Crippen LogP contribution in [-0.2, 0) is 9.53 Å². The molecule has 1 saturated heterocycles. The lowest BCUT2D eigenvalue weighted by molar-refractivity contribution is -0.615. The maximum Gasteiger partial charge on any atom is 0.411 e. The molecule has 2 amide bonds. The van der Waals surface area contributed by atoms with Crippen molar-refractivity contribution in [3.05, 3.63) is 95.2 Å².